The van der Waals surface area contributed by atoms with Gasteiger partial charge in [-0.2, -0.15) is 0 Å². The van der Waals surface area contributed by atoms with Gasteiger partial charge in [-0.3, -0.25) is 14.4 Å². The highest BCUT2D eigenvalue weighted by atomic mass is 16.5. The topological polar surface area (TPSA) is 87.7 Å². The van der Waals surface area contributed by atoms with Crippen LogP contribution in [0.15, 0.2) is 66.7 Å². The van der Waals surface area contributed by atoms with Gasteiger partial charge in [0.2, 0.25) is 17.7 Å². The van der Waals surface area contributed by atoms with Gasteiger partial charge in [0.25, 0.3) is 0 Å². The fraction of sp³-hybridized carbons (Fsp3) is 0.452. The average Bonchev–Trinajstić information content (AvgIpc) is 3.57. The maximum atomic E-state index is 14.1. The van der Waals surface area contributed by atoms with Crippen LogP contribution in [0.25, 0.3) is 0 Å². The second-order valence-electron chi connectivity index (χ2n) is 11.2. The van der Waals surface area contributed by atoms with E-state index in [0.717, 1.165) is 36.8 Å². The molecule has 7 heteroatoms. The molecule has 1 aliphatic carbocycles. The highest BCUT2D eigenvalue weighted by Crippen LogP contribution is 2.55. The fourth-order valence-corrected chi connectivity index (χ4v) is 6.79. The zero-order valence-corrected chi connectivity index (χ0v) is 21.8. The van der Waals surface area contributed by atoms with Crippen LogP contribution < -0.4 is 10.6 Å². The Bertz CT molecular complexity index is 1240. The van der Waals surface area contributed by atoms with Gasteiger partial charge in [0, 0.05) is 18.3 Å². The predicted octanol–water partition coefficient (Wildman–Crippen LogP) is 3.78. The number of likely N-dealkylation sites (tertiary alicyclic amines) is 1. The van der Waals surface area contributed by atoms with Crippen molar-refractivity contribution in [1.29, 1.82) is 0 Å². The van der Waals surface area contributed by atoms with Crippen LogP contribution in [0, 0.1) is 18.8 Å². The second kappa shape index (κ2) is 10.0. The molecule has 1 spiro atoms. The third-order valence-electron chi connectivity index (χ3n) is 8.68. The first-order valence-corrected chi connectivity index (χ1v) is 13.9. The number of ether oxygens (including phenoxy) is 1. The molecule has 2 aromatic rings. The monoisotopic (exact) mass is 513 g/mol. The first-order chi connectivity index (χ1) is 18.5. The van der Waals surface area contributed by atoms with Crippen LogP contribution in [0.2, 0.25) is 0 Å². The van der Waals surface area contributed by atoms with Gasteiger partial charge in [-0.05, 0) is 43.9 Å². The van der Waals surface area contributed by atoms with Crippen LogP contribution in [0.3, 0.4) is 0 Å². The summed E-state index contributed by atoms with van der Waals surface area (Å²) in [6.45, 7) is 2.38. The van der Waals surface area contributed by atoms with Crippen molar-refractivity contribution >= 4 is 23.4 Å². The quantitative estimate of drug-likeness (QED) is 0.552. The standard InChI is InChI=1S/C31H35N3O4/c1-20-12-14-23(15-13-20)32-28(35)25-24-16-18-31(38-24)26(25)30(37)34(19-17-21-8-4-2-5-9-21)27(31)29(36)33-22-10-6-3-7-11-22/h2,4-5,8-9,12-16,18,22,24-27H,3,6-7,10-11,17,19H2,1H3,(H,32,35)(H,33,36)/t24-,25-,26-,27-,31-/m0/s1. The molecular weight excluding hydrogens is 478 g/mol. The molecule has 7 nitrogen and oxygen atoms in total. The zero-order chi connectivity index (χ0) is 26.3. The van der Waals surface area contributed by atoms with Gasteiger partial charge in [0.05, 0.1) is 17.9 Å². The van der Waals surface area contributed by atoms with Crippen molar-refractivity contribution < 1.29 is 19.1 Å². The lowest BCUT2D eigenvalue weighted by Gasteiger charge is -2.34. The molecule has 38 heavy (non-hydrogen) atoms. The summed E-state index contributed by atoms with van der Waals surface area (Å²) in [7, 11) is 0. The van der Waals surface area contributed by atoms with E-state index < -0.39 is 29.6 Å². The van der Waals surface area contributed by atoms with Gasteiger partial charge in [-0.15, -0.1) is 0 Å². The van der Waals surface area contributed by atoms with Crippen molar-refractivity contribution in [3.63, 3.8) is 0 Å². The number of benzene rings is 2. The normalized spacial score (nSPS) is 29.9. The lowest BCUT2D eigenvalue weighted by Crippen LogP contribution is -2.56. The number of carbonyl (C=O) groups is 3. The van der Waals surface area contributed by atoms with E-state index in [1.54, 1.807) is 4.90 Å². The molecule has 6 rings (SSSR count). The highest BCUT2D eigenvalue weighted by molar-refractivity contribution is 6.02. The van der Waals surface area contributed by atoms with E-state index in [1.165, 1.54) is 6.42 Å². The Hall–Kier alpha value is -3.45. The lowest BCUT2D eigenvalue weighted by atomic mass is 9.74. The molecule has 4 aliphatic rings. The summed E-state index contributed by atoms with van der Waals surface area (Å²) in [6, 6.07) is 16.9. The molecule has 2 N–H and O–H groups in total. The van der Waals surface area contributed by atoms with E-state index in [0.29, 0.717) is 18.7 Å². The maximum Gasteiger partial charge on any atom is 0.246 e. The molecule has 5 atom stereocenters. The molecule has 2 bridgehead atoms. The Morgan fingerprint density at radius 2 is 1.74 bits per heavy atom. The molecule has 3 heterocycles. The maximum absolute atomic E-state index is 14.1. The van der Waals surface area contributed by atoms with Gasteiger partial charge in [0.1, 0.15) is 11.6 Å². The minimum absolute atomic E-state index is 0.112. The van der Waals surface area contributed by atoms with Crippen LogP contribution in [0.5, 0.6) is 0 Å². The van der Waals surface area contributed by atoms with Crippen LogP contribution in [0.1, 0.15) is 43.2 Å². The number of fused-ring (bicyclic) bond motifs is 1. The van der Waals surface area contributed by atoms with Crippen molar-refractivity contribution in [2.45, 2.75) is 69.2 Å². The van der Waals surface area contributed by atoms with Gasteiger partial charge in [-0.1, -0.05) is 79.4 Å². The van der Waals surface area contributed by atoms with Crippen molar-refractivity contribution in [2.24, 2.45) is 11.8 Å². The SMILES string of the molecule is Cc1ccc(NC(=O)[C@H]2[C@@H]3C=C[C@]4(O3)[C@@H]2C(=O)N(CCc2ccccc2)[C@H]4C(=O)NC2CCCCC2)cc1. The molecule has 3 aliphatic heterocycles. The van der Waals surface area contributed by atoms with E-state index >= 15 is 0 Å². The summed E-state index contributed by atoms with van der Waals surface area (Å²) < 4.78 is 6.45. The summed E-state index contributed by atoms with van der Waals surface area (Å²) >= 11 is 0. The van der Waals surface area contributed by atoms with Gasteiger partial charge >= 0.3 is 0 Å². The van der Waals surface area contributed by atoms with Gasteiger partial charge in [0.15, 0.2) is 0 Å². The molecule has 198 valence electrons. The fourth-order valence-electron chi connectivity index (χ4n) is 6.79. The van der Waals surface area contributed by atoms with E-state index in [2.05, 4.69) is 10.6 Å². The summed E-state index contributed by atoms with van der Waals surface area (Å²) in [6.07, 6.45) is 9.12. The van der Waals surface area contributed by atoms with Crippen LogP contribution in [-0.2, 0) is 25.5 Å². The van der Waals surface area contributed by atoms with Crippen molar-refractivity contribution in [3.05, 3.63) is 77.9 Å². The molecule has 2 aromatic carbocycles. The molecule has 0 radical (unpaired) electrons. The Labute approximate surface area is 223 Å². The van der Waals surface area contributed by atoms with Crippen LogP contribution in [0.4, 0.5) is 5.69 Å². The molecule has 3 fully saturated rings. The third kappa shape index (κ3) is 4.33. The summed E-state index contributed by atoms with van der Waals surface area (Å²) in [5.74, 6) is -2.03. The number of hydrogen-bond donors (Lipinski definition) is 2. The Kier molecular flexibility index (Phi) is 6.56. The van der Waals surface area contributed by atoms with Crippen molar-refractivity contribution in [1.82, 2.24) is 10.2 Å². The third-order valence-corrected chi connectivity index (χ3v) is 8.68. The second-order valence-corrected chi connectivity index (χ2v) is 11.2. The van der Waals surface area contributed by atoms with Gasteiger partial charge in [-0.25, -0.2) is 0 Å². The van der Waals surface area contributed by atoms with Crippen LogP contribution >= 0.6 is 0 Å². The molecule has 2 saturated heterocycles. The number of carbonyl (C=O) groups excluding carboxylic acids is 3. The van der Waals surface area contributed by atoms with E-state index in [9.17, 15) is 14.4 Å². The molecule has 3 amide bonds. The number of hydrogen-bond acceptors (Lipinski definition) is 4. The minimum Gasteiger partial charge on any atom is -0.359 e. The highest BCUT2D eigenvalue weighted by Gasteiger charge is 2.72. The van der Waals surface area contributed by atoms with Gasteiger partial charge < -0.3 is 20.3 Å². The Balaban J connectivity index is 1.29. The lowest BCUT2D eigenvalue weighted by molar-refractivity contribution is -0.141. The number of aryl methyl sites for hydroxylation is 1. The Morgan fingerprint density at radius 1 is 1.00 bits per heavy atom. The number of rotatable bonds is 7. The smallest absolute Gasteiger partial charge is 0.246 e. The molecule has 1 saturated carbocycles. The first-order valence-electron chi connectivity index (χ1n) is 13.9. The van der Waals surface area contributed by atoms with E-state index in [1.807, 2.05) is 73.7 Å². The average molecular weight is 514 g/mol. The summed E-state index contributed by atoms with van der Waals surface area (Å²) in [5, 5.41) is 6.23. The number of nitrogens with one attached hydrogen (secondary N) is 2. The predicted molar refractivity (Wildman–Crippen MR) is 144 cm³/mol. The van der Waals surface area contributed by atoms with E-state index in [4.69, 9.17) is 4.74 Å². The molecular formula is C31H35N3O4. The number of amides is 3. The molecule has 0 aromatic heterocycles. The largest absolute Gasteiger partial charge is 0.359 e. The van der Waals surface area contributed by atoms with Crippen molar-refractivity contribution in [3.8, 4) is 0 Å². The number of anilines is 1. The number of nitrogens with zero attached hydrogens (tertiary/aromatic N) is 1. The zero-order valence-electron chi connectivity index (χ0n) is 21.8. The molecule has 0 unspecified atom stereocenters. The summed E-state index contributed by atoms with van der Waals surface area (Å²) in [5.41, 5.74) is 1.74. The van der Waals surface area contributed by atoms with Crippen molar-refractivity contribution in [2.75, 3.05) is 11.9 Å². The summed E-state index contributed by atoms with van der Waals surface area (Å²) in [4.78, 5) is 43.2. The first kappa shape index (κ1) is 24.9. The Morgan fingerprint density at radius 3 is 2.47 bits per heavy atom. The van der Waals surface area contributed by atoms with Crippen LogP contribution in [-0.4, -0.2) is 53.0 Å². The minimum atomic E-state index is -1.13. The van der Waals surface area contributed by atoms with E-state index in [-0.39, 0.29) is 23.8 Å².